The number of esters is 3. The van der Waals surface area contributed by atoms with Gasteiger partial charge in [-0.05, 0) is 77.6 Å². The number of allylic oxidation sites excluding steroid dienone is 4. The van der Waals surface area contributed by atoms with E-state index in [0.717, 1.165) is 32.1 Å². The molecule has 4 aliphatic heterocycles. The molecule has 0 amide bonds. The Bertz CT molecular complexity index is 1340. The van der Waals surface area contributed by atoms with Crippen LogP contribution in [0.5, 0.6) is 0 Å². The lowest BCUT2D eigenvalue weighted by Crippen LogP contribution is -2.98. The van der Waals surface area contributed by atoms with Gasteiger partial charge in [-0.1, -0.05) is 37.1 Å². The van der Waals surface area contributed by atoms with Gasteiger partial charge in [0.15, 0.2) is 17.7 Å². The molecule has 6 bridgehead atoms. The Balaban J connectivity index is 1.41. The summed E-state index contributed by atoms with van der Waals surface area (Å²) in [5.74, 6) is -6.99. The number of hydrogen-bond donors (Lipinski definition) is 0. The molecular weight excluding hydrogens is 620 g/mol. The van der Waals surface area contributed by atoms with Crippen LogP contribution >= 0.6 is 0 Å². The summed E-state index contributed by atoms with van der Waals surface area (Å²) >= 11 is 0. The molecule has 48 heavy (non-hydrogen) atoms. The third kappa shape index (κ3) is 3.97. The molecule has 0 radical (unpaired) electrons. The maximum absolute atomic E-state index is 14.7. The lowest BCUT2D eigenvalue weighted by molar-refractivity contribution is -0.534. The predicted octanol–water partition coefficient (Wildman–Crippen LogP) is 5.01. The van der Waals surface area contributed by atoms with Crippen molar-refractivity contribution in [3.63, 3.8) is 0 Å². The van der Waals surface area contributed by atoms with Gasteiger partial charge in [0.2, 0.25) is 5.79 Å². The third-order valence-electron chi connectivity index (χ3n) is 13.1. The van der Waals surface area contributed by atoms with E-state index in [2.05, 4.69) is 18.2 Å². The van der Waals surface area contributed by atoms with Gasteiger partial charge in [-0.25, -0.2) is 0 Å². The van der Waals surface area contributed by atoms with Crippen molar-refractivity contribution in [2.45, 2.75) is 115 Å². The first-order valence-electron chi connectivity index (χ1n) is 18.1. The van der Waals surface area contributed by atoms with Gasteiger partial charge in [0.25, 0.3) is 0 Å². The lowest BCUT2D eigenvalue weighted by atomic mass is 9.18. The smallest absolute Gasteiger partial charge is 0.319 e. The van der Waals surface area contributed by atoms with E-state index in [1.165, 1.54) is 14.2 Å². The van der Waals surface area contributed by atoms with Crippen molar-refractivity contribution < 1.29 is 52.3 Å². The Labute approximate surface area is 283 Å². The van der Waals surface area contributed by atoms with Crippen LogP contribution in [0.3, 0.4) is 0 Å². The fraction of sp³-hybridized carbons (Fsp3) is 0.811. The highest BCUT2D eigenvalue weighted by Crippen LogP contribution is 2.93. The van der Waals surface area contributed by atoms with E-state index >= 15 is 0 Å². The fourth-order valence-electron chi connectivity index (χ4n) is 12.0. The predicted molar refractivity (Wildman–Crippen MR) is 170 cm³/mol. The van der Waals surface area contributed by atoms with E-state index in [4.69, 9.17) is 37.9 Å². The molecule has 0 aromatic heterocycles. The maximum atomic E-state index is 14.7. The van der Waals surface area contributed by atoms with Crippen molar-refractivity contribution in [2.24, 2.45) is 40.4 Å². The van der Waals surface area contributed by atoms with Crippen molar-refractivity contribution in [1.82, 2.24) is 0 Å². The van der Waals surface area contributed by atoms with Gasteiger partial charge < -0.3 is 37.9 Å². The molecule has 1 unspecified atom stereocenters. The minimum atomic E-state index is -1.67. The molecule has 11 nitrogen and oxygen atoms in total. The first-order chi connectivity index (χ1) is 23.3. The monoisotopic (exact) mass is 672 g/mol. The second kappa shape index (κ2) is 12.5. The van der Waals surface area contributed by atoms with Crippen LogP contribution < -0.4 is 0 Å². The van der Waals surface area contributed by atoms with Crippen LogP contribution in [0.4, 0.5) is 0 Å². The molecule has 0 aromatic carbocycles. The Morgan fingerprint density at radius 1 is 0.979 bits per heavy atom. The highest BCUT2D eigenvalue weighted by Gasteiger charge is 3.08. The van der Waals surface area contributed by atoms with Crippen molar-refractivity contribution in [2.75, 3.05) is 34.0 Å². The van der Waals surface area contributed by atoms with Crippen molar-refractivity contribution in [1.29, 1.82) is 0 Å². The summed E-state index contributed by atoms with van der Waals surface area (Å²) in [6, 6.07) is 0. The molecule has 4 saturated carbocycles. The van der Waals surface area contributed by atoms with Crippen LogP contribution in [0.1, 0.15) is 85.0 Å². The zero-order valence-corrected chi connectivity index (χ0v) is 29.0. The van der Waals surface area contributed by atoms with Gasteiger partial charge in [-0.3, -0.25) is 14.4 Å². The molecule has 0 aromatic rings. The molecule has 4 saturated heterocycles. The van der Waals surface area contributed by atoms with E-state index in [1.807, 2.05) is 26.8 Å². The number of carbonyl (C=O) groups is 3. The summed E-state index contributed by atoms with van der Waals surface area (Å²) < 4.78 is 51.0. The third-order valence-corrected chi connectivity index (χ3v) is 13.1. The summed E-state index contributed by atoms with van der Waals surface area (Å²) in [6.45, 7) is 7.16. The Hall–Kier alpha value is -2.31. The van der Waals surface area contributed by atoms with Crippen LogP contribution in [0, 0.1) is 40.4 Å². The molecule has 8 fully saturated rings. The van der Waals surface area contributed by atoms with Gasteiger partial charge >= 0.3 is 17.9 Å². The van der Waals surface area contributed by atoms with Gasteiger partial charge in [-0.2, -0.15) is 0 Å². The normalized spacial score (nSPS) is 44.4. The van der Waals surface area contributed by atoms with Crippen molar-refractivity contribution in [3.05, 3.63) is 24.3 Å². The van der Waals surface area contributed by atoms with Crippen LogP contribution in [0.2, 0.25) is 0 Å². The van der Waals surface area contributed by atoms with Gasteiger partial charge in [0, 0.05) is 24.9 Å². The molecule has 8 aliphatic rings. The zero-order valence-electron chi connectivity index (χ0n) is 29.0. The van der Waals surface area contributed by atoms with Crippen LogP contribution in [-0.4, -0.2) is 81.5 Å². The Morgan fingerprint density at radius 3 is 2.42 bits per heavy atom. The molecule has 4 aliphatic carbocycles. The van der Waals surface area contributed by atoms with Crippen molar-refractivity contribution in [3.8, 4) is 0 Å². The van der Waals surface area contributed by atoms with Crippen LogP contribution in [0.15, 0.2) is 24.3 Å². The fourth-order valence-corrected chi connectivity index (χ4v) is 12.0. The van der Waals surface area contributed by atoms with E-state index < -0.39 is 76.1 Å². The van der Waals surface area contributed by atoms with E-state index in [0.29, 0.717) is 45.5 Å². The molecule has 8 rings (SSSR count). The Kier molecular flexibility index (Phi) is 8.88. The molecule has 2 spiro atoms. The summed E-state index contributed by atoms with van der Waals surface area (Å²) in [6.07, 6.45) is 14.2. The highest BCUT2D eigenvalue weighted by atomic mass is 16.8. The van der Waals surface area contributed by atoms with Gasteiger partial charge in [0.05, 0.1) is 33.4 Å². The summed E-state index contributed by atoms with van der Waals surface area (Å²) in [5.41, 5.74) is -4.39. The molecule has 11 heteroatoms. The van der Waals surface area contributed by atoms with E-state index in [9.17, 15) is 14.4 Å². The average molecular weight is 673 g/mol. The Morgan fingerprint density at radius 2 is 1.73 bits per heavy atom. The van der Waals surface area contributed by atoms with Gasteiger partial charge in [-0.15, -0.1) is 0 Å². The van der Waals surface area contributed by atoms with Crippen LogP contribution in [-0.2, 0) is 52.3 Å². The lowest BCUT2D eigenvalue weighted by Gasteiger charge is -2.84. The summed E-state index contributed by atoms with van der Waals surface area (Å²) in [5, 5.41) is 0. The summed E-state index contributed by atoms with van der Waals surface area (Å²) in [4.78, 5) is 43.4. The van der Waals surface area contributed by atoms with E-state index in [1.54, 1.807) is 0 Å². The highest BCUT2D eigenvalue weighted by molar-refractivity contribution is 6.01. The quantitative estimate of drug-likeness (QED) is 0.107. The number of hydrogen-bond acceptors (Lipinski definition) is 11. The number of ether oxygens (including phenoxy) is 8. The first-order valence-corrected chi connectivity index (χ1v) is 18.1. The molecule has 266 valence electrons. The SMILES string of the molecule is C/C=C/CCCCC[C@@H]1[C@H]2C[C@H](C3(CC/C=C/C)OCCO3)O[C@@]34OC(=O)[C@@]56CCC(OCC)O[C@@]35[C@@H]1[C@@]6(C(=O)OC)[C@@H](C(=O)OC)[C@@H]24. The first kappa shape index (κ1) is 34.2. The number of methoxy groups -OCH3 is 2. The van der Waals surface area contributed by atoms with Gasteiger partial charge in [0.1, 0.15) is 16.9 Å². The van der Waals surface area contributed by atoms with Crippen LogP contribution in [0.25, 0.3) is 0 Å². The molecule has 0 N–H and O–H groups in total. The second-order valence-corrected chi connectivity index (χ2v) is 14.6. The summed E-state index contributed by atoms with van der Waals surface area (Å²) in [7, 11) is 2.67. The second-order valence-electron chi connectivity index (χ2n) is 14.6. The molecule has 11 atom stereocenters. The number of unbranched alkanes of at least 4 members (excludes halogenated alkanes) is 3. The number of carbonyl (C=O) groups excluding carboxylic acids is 3. The largest absolute Gasteiger partial charge is 0.469 e. The minimum Gasteiger partial charge on any atom is -0.469 e. The van der Waals surface area contributed by atoms with Crippen molar-refractivity contribution >= 4 is 17.9 Å². The topological polar surface area (TPSA) is 125 Å². The number of rotatable bonds is 14. The minimum absolute atomic E-state index is 0.0896. The standard InChI is InChI=1S/C37H52O11/c1-6-9-11-12-13-14-16-23-24-22-25(34(18-15-10-7-2)44-20-21-45-34)46-37-27(24)28(30(38)41-4)35(32(40)42-5)29(23)36(37)33(35,31(39)48-37)19-17-26(47-36)43-8-3/h6-7,9-10,23-29H,8,11-22H2,1-5H3/b9-6+,10-7+/t23-,24-,25-,26?,27-,28-,29+,33-,35-,36-,37+/m1/s1. The molecular formula is C37H52O11. The maximum Gasteiger partial charge on any atom is 0.319 e. The zero-order chi connectivity index (χ0) is 34.0. The average Bonchev–Trinajstić information content (AvgIpc) is 3.62. The van der Waals surface area contributed by atoms with E-state index in [-0.39, 0.29) is 18.3 Å². The molecule has 4 heterocycles.